The van der Waals surface area contributed by atoms with Crippen molar-refractivity contribution in [3.63, 3.8) is 0 Å². The highest BCUT2D eigenvalue weighted by Crippen LogP contribution is 2.24. The largest absolute Gasteiger partial charge is 0.332 e. The van der Waals surface area contributed by atoms with Crippen LogP contribution in [0.25, 0.3) is 0 Å². The van der Waals surface area contributed by atoms with Crippen LogP contribution in [0.2, 0.25) is 0 Å². The molecule has 0 aliphatic carbocycles. The molecule has 0 spiro atoms. The Labute approximate surface area is 112 Å². The summed E-state index contributed by atoms with van der Waals surface area (Å²) in [6, 6.07) is 0.142. The molecular formula is C12H21N3O2S. The van der Waals surface area contributed by atoms with E-state index in [4.69, 9.17) is 0 Å². The second-order valence-electron chi connectivity index (χ2n) is 4.86. The summed E-state index contributed by atoms with van der Waals surface area (Å²) in [4.78, 5) is 27.8. The normalized spacial score (nSPS) is 29.2. The number of hydrogen-bond acceptors (Lipinski definition) is 4. The van der Waals surface area contributed by atoms with Crippen LogP contribution in [0.15, 0.2) is 0 Å². The van der Waals surface area contributed by atoms with Gasteiger partial charge in [0.2, 0.25) is 0 Å². The molecule has 2 saturated heterocycles. The molecule has 0 aromatic carbocycles. The Morgan fingerprint density at radius 1 is 1.11 bits per heavy atom. The highest BCUT2D eigenvalue weighted by molar-refractivity contribution is 8.00. The standard InChI is InChI=1S/C12H21N3O2S/c1-9-10(2)18-8-7-15(9)12(17)11(16)14-5-3-13-4-6-14/h9-10,13H,3-8H2,1-2H3. The predicted molar refractivity (Wildman–Crippen MR) is 72.5 cm³/mol. The molecule has 0 bridgehead atoms. The number of amides is 2. The van der Waals surface area contributed by atoms with Crippen molar-refractivity contribution in [2.45, 2.75) is 25.1 Å². The number of nitrogens with zero attached hydrogens (tertiary/aromatic N) is 2. The zero-order valence-electron chi connectivity index (χ0n) is 11.0. The van der Waals surface area contributed by atoms with E-state index in [9.17, 15) is 9.59 Å². The number of nitrogens with one attached hydrogen (secondary N) is 1. The first-order chi connectivity index (χ1) is 8.61. The predicted octanol–water partition coefficient (Wildman–Crippen LogP) is -0.229. The number of hydrogen-bond donors (Lipinski definition) is 1. The lowest BCUT2D eigenvalue weighted by Crippen LogP contribution is -2.56. The zero-order valence-corrected chi connectivity index (χ0v) is 11.8. The van der Waals surface area contributed by atoms with Crippen LogP contribution in [-0.4, -0.2) is 71.4 Å². The smallest absolute Gasteiger partial charge is 0.312 e. The molecule has 2 fully saturated rings. The Balaban J connectivity index is 1.98. The lowest BCUT2D eigenvalue weighted by molar-refractivity contribution is -0.153. The van der Waals surface area contributed by atoms with Gasteiger partial charge < -0.3 is 15.1 Å². The van der Waals surface area contributed by atoms with Crippen LogP contribution in [0.1, 0.15) is 13.8 Å². The van der Waals surface area contributed by atoms with E-state index in [1.807, 2.05) is 18.7 Å². The van der Waals surface area contributed by atoms with Crippen LogP contribution in [-0.2, 0) is 9.59 Å². The molecule has 2 aliphatic rings. The van der Waals surface area contributed by atoms with Crippen molar-refractivity contribution in [1.82, 2.24) is 15.1 Å². The summed E-state index contributed by atoms with van der Waals surface area (Å²) in [6.07, 6.45) is 0. The minimum absolute atomic E-state index is 0.142. The number of thioether (sulfide) groups is 1. The molecular weight excluding hydrogens is 250 g/mol. The number of carbonyl (C=O) groups is 2. The first-order valence-electron chi connectivity index (χ1n) is 6.53. The van der Waals surface area contributed by atoms with Gasteiger partial charge in [0.1, 0.15) is 0 Å². The molecule has 102 valence electrons. The van der Waals surface area contributed by atoms with E-state index < -0.39 is 0 Å². The molecule has 18 heavy (non-hydrogen) atoms. The van der Waals surface area contributed by atoms with Crippen molar-refractivity contribution in [3.05, 3.63) is 0 Å². The fourth-order valence-electron chi connectivity index (χ4n) is 2.35. The van der Waals surface area contributed by atoms with Gasteiger partial charge in [-0.1, -0.05) is 6.92 Å². The van der Waals surface area contributed by atoms with E-state index >= 15 is 0 Å². The minimum atomic E-state index is -0.331. The fourth-order valence-corrected chi connectivity index (χ4v) is 3.45. The van der Waals surface area contributed by atoms with Gasteiger partial charge in [-0.15, -0.1) is 0 Å². The second kappa shape index (κ2) is 5.93. The molecule has 1 N–H and O–H groups in total. The van der Waals surface area contributed by atoms with Crippen molar-refractivity contribution < 1.29 is 9.59 Å². The van der Waals surface area contributed by atoms with Crippen LogP contribution in [0.3, 0.4) is 0 Å². The third kappa shape index (κ3) is 2.80. The van der Waals surface area contributed by atoms with E-state index in [0.29, 0.717) is 24.9 Å². The Morgan fingerprint density at radius 2 is 1.78 bits per heavy atom. The highest BCUT2D eigenvalue weighted by atomic mass is 32.2. The molecule has 2 aliphatic heterocycles. The summed E-state index contributed by atoms with van der Waals surface area (Å²) in [5.74, 6) is 0.269. The number of piperazine rings is 1. The van der Waals surface area contributed by atoms with Crippen LogP contribution < -0.4 is 5.32 Å². The Bertz CT molecular complexity index is 331. The van der Waals surface area contributed by atoms with E-state index in [2.05, 4.69) is 12.2 Å². The van der Waals surface area contributed by atoms with E-state index in [1.54, 1.807) is 9.80 Å². The molecule has 2 atom stereocenters. The molecule has 0 aromatic heterocycles. The maximum Gasteiger partial charge on any atom is 0.312 e. The summed E-state index contributed by atoms with van der Waals surface area (Å²) in [7, 11) is 0. The van der Waals surface area contributed by atoms with Crippen molar-refractivity contribution in [1.29, 1.82) is 0 Å². The average molecular weight is 271 g/mol. The first kappa shape index (κ1) is 13.7. The van der Waals surface area contributed by atoms with E-state index in [1.165, 1.54) is 0 Å². The van der Waals surface area contributed by atoms with E-state index in [-0.39, 0.29) is 17.9 Å². The van der Waals surface area contributed by atoms with Gasteiger partial charge >= 0.3 is 11.8 Å². The summed E-state index contributed by atoms with van der Waals surface area (Å²) >= 11 is 1.87. The minimum Gasteiger partial charge on any atom is -0.332 e. The first-order valence-corrected chi connectivity index (χ1v) is 7.58. The van der Waals surface area contributed by atoms with Gasteiger partial charge in [0.05, 0.1) is 0 Å². The van der Waals surface area contributed by atoms with Gasteiger partial charge in [-0.3, -0.25) is 9.59 Å². The van der Waals surface area contributed by atoms with Crippen molar-refractivity contribution >= 4 is 23.6 Å². The molecule has 2 unspecified atom stereocenters. The Hall–Kier alpha value is -0.750. The lowest BCUT2D eigenvalue weighted by Gasteiger charge is -2.38. The second-order valence-corrected chi connectivity index (χ2v) is 6.34. The van der Waals surface area contributed by atoms with Gasteiger partial charge in [0.15, 0.2) is 0 Å². The molecule has 0 radical (unpaired) electrons. The van der Waals surface area contributed by atoms with Crippen molar-refractivity contribution in [3.8, 4) is 0 Å². The number of carbonyl (C=O) groups excluding carboxylic acids is 2. The van der Waals surface area contributed by atoms with Gasteiger partial charge in [0.25, 0.3) is 0 Å². The van der Waals surface area contributed by atoms with Crippen LogP contribution >= 0.6 is 11.8 Å². The quantitative estimate of drug-likeness (QED) is 0.619. The summed E-state index contributed by atoms with van der Waals surface area (Å²) in [5, 5.41) is 3.58. The van der Waals surface area contributed by atoms with E-state index in [0.717, 1.165) is 18.8 Å². The van der Waals surface area contributed by atoms with Gasteiger partial charge in [-0.25, -0.2) is 0 Å². The highest BCUT2D eigenvalue weighted by Gasteiger charge is 2.34. The van der Waals surface area contributed by atoms with Gasteiger partial charge in [0, 0.05) is 49.8 Å². The van der Waals surface area contributed by atoms with Crippen LogP contribution in [0, 0.1) is 0 Å². The Kier molecular flexibility index (Phi) is 4.50. The maximum absolute atomic E-state index is 12.3. The third-order valence-corrected chi connectivity index (χ3v) is 5.07. The molecule has 6 heteroatoms. The molecule has 2 heterocycles. The molecule has 0 saturated carbocycles. The van der Waals surface area contributed by atoms with Gasteiger partial charge in [-0.2, -0.15) is 11.8 Å². The Morgan fingerprint density at radius 3 is 2.44 bits per heavy atom. The topological polar surface area (TPSA) is 52.7 Å². The summed E-state index contributed by atoms with van der Waals surface area (Å²) < 4.78 is 0. The van der Waals surface area contributed by atoms with Crippen molar-refractivity contribution in [2.75, 3.05) is 38.5 Å². The SMILES string of the molecule is CC1SCCN(C(=O)C(=O)N2CCNCC2)C1C. The zero-order chi connectivity index (χ0) is 13.1. The van der Waals surface area contributed by atoms with Crippen LogP contribution in [0.4, 0.5) is 0 Å². The molecule has 2 rings (SSSR count). The summed E-state index contributed by atoms with van der Waals surface area (Å²) in [6.45, 7) is 7.66. The third-order valence-electron chi connectivity index (χ3n) is 3.73. The van der Waals surface area contributed by atoms with Crippen molar-refractivity contribution in [2.24, 2.45) is 0 Å². The average Bonchev–Trinajstić information content (AvgIpc) is 2.41. The van der Waals surface area contributed by atoms with Crippen LogP contribution in [0.5, 0.6) is 0 Å². The summed E-state index contributed by atoms with van der Waals surface area (Å²) in [5.41, 5.74) is 0. The molecule has 2 amide bonds. The van der Waals surface area contributed by atoms with Gasteiger partial charge in [-0.05, 0) is 6.92 Å². The lowest BCUT2D eigenvalue weighted by atomic mass is 10.2. The molecule has 0 aromatic rings. The molecule has 5 nitrogen and oxygen atoms in total. The monoisotopic (exact) mass is 271 g/mol. The fraction of sp³-hybridized carbons (Fsp3) is 0.833. The number of rotatable bonds is 0. The maximum atomic E-state index is 12.3.